The smallest absolute Gasteiger partial charge is 0.475 e. The molecule has 10 heteroatoms. The summed E-state index contributed by atoms with van der Waals surface area (Å²) in [7, 11) is 0. The van der Waals surface area contributed by atoms with Gasteiger partial charge in [-0.3, -0.25) is 4.79 Å². The largest absolute Gasteiger partial charge is 0.490 e. The molecule has 1 atom stereocenters. The molecular formula is C17H23F3N4O3. The zero-order chi connectivity index (χ0) is 20.0. The third-order valence-electron chi connectivity index (χ3n) is 4.58. The van der Waals surface area contributed by atoms with Crippen LogP contribution in [0.4, 0.5) is 24.8 Å². The van der Waals surface area contributed by atoms with Gasteiger partial charge in [-0.15, -0.1) is 0 Å². The molecule has 1 aromatic rings. The average Bonchev–Trinajstić information content (AvgIpc) is 3.27. The van der Waals surface area contributed by atoms with E-state index in [4.69, 9.17) is 9.90 Å². The predicted octanol–water partition coefficient (Wildman–Crippen LogP) is 3.08. The molecule has 1 saturated heterocycles. The third-order valence-corrected chi connectivity index (χ3v) is 4.58. The van der Waals surface area contributed by atoms with Crippen molar-refractivity contribution in [3.8, 4) is 0 Å². The number of amides is 1. The molecule has 0 bridgehead atoms. The molecule has 2 fully saturated rings. The van der Waals surface area contributed by atoms with Gasteiger partial charge in [-0.1, -0.05) is 19.8 Å². The van der Waals surface area contributed by atoms with Crippen molar-refractivity contribution in [1.29, 1.82) is 0 Å². The van der Waals surface area contributed by atoms with Gasteiger partial charge >= 0.3 is 12.1 Å². The predicted molar refractivity (Wildman–Crippen MR) is 92.3 cm³/mol. The van der Waals surface area contributed by atoms with Gasteiger partial charge in [0, 0.05) is 19.0 Å². The van der Waals surface area contributed by atoms with Crippen molar-refractivity contribution in [3.63, 3.8) is 0 Å². The second kappa shape index (κ2) is 9.01. The first-order valence-corrected chi connectivity index (χ1v) is 8.84. The zero-order valence-electron chi connectivity index (χ0n) is 15.0. The standard InChI is InChI=1S/C15H22N4O.C2HF3O2/c1-11-6-7-19(10-11)15-16-8-13(9-17-15)18-14(20)12-4-2-3-5-12;3-2(4,5)1(6)7/h8-9,11-12H,2-7,10H2,1H3,(H,18,20);(H,6,7). The lowest BCUT2D eigenvalue weighted by Gasteiger charge is -2.16. The van der Waals surface area contributed by atoms with Gasteiger partial charge in [0.2, 0.25) is 11.9 Å². The Balaban J connectivity index is 0.000000321. The molecular weight excluding hydrogens is 365 g/mol. The van der Waals surface area contributed by atoms with Crippen molar-refractivity contribution >= 4 is 23.5 Å². The van der Waals surface area contributed by atoms with Crippen LogP contribution in [0.3, 0.4) is 0 Å². The van der Waals surface area contributed by atoms with E-state index in [1.807, 2.05) is 0 Å². The van der Waals surface area contributed by atoms with Crippen LogP contribution in [0.2, 0.25) is 0 Å². The highest BCUT2D eigenvalue weighted by Gasteiger charge is 2.38. The molecule has 1 aromatic heterocycles. The normalized spacial score (nSPS) is 20.1. The van der Waals surface area contributed by atoms with Gasteiger partial charge in [-0.05, 0) is 25.2 Å². The Morgan fingerprint density at radius 2 is 1.74 bits per heavy atom. The number of carboxylic acid groups (broad SMARTS) is 1. The van der Waals surface area contributed by atoms with E-state index in [1.54, 1.807) is 12.4 Å². The lowest BCUT2D eigenvalue weighted by atomic mass is 10.1. The number of nitrogens with zero attached hydrogens (tertiary/aromatic N) is 3. The maximum atomic E-state index is 12.0. The number of aliphatic carboxylic acids is 1. The zero-order valence-corrected chi connectivity index (χ0v) is 15.0. The summed E-state index contributed by atoms with van der Waals surface area (Å²) in [5.74, 6) is -0.983. The summed E-state index contributed by atoms with van der Waals surface area (Å²) in [5.41, 5.74) is 0.706. The van der Waals surface area contributed by atoms with Crippen LogP contribution in [0.1, 0.15) is 39.0 Å². The van der Waals surface area contributed by atoms with Crippen LogP contribution in [0.15, 0.2) is 12.4 Å². The molecule has 1 aliphatic heterocycles. The average molecular weight is 388 g/mol. The summed E-state index contributed by atoms with van der Waals surface area (Å²) in [6, 6.07) is 0. The van der Waals surface area contributed by atoms with Gasteiger partial charge in [0.25, 0.3) is 0 Å². The highest BCUT2D eigenvalue weighted by atomic mass is 19.4. The Morgan fingerprint density at radius 1 is 1.19 bits per heavy atom. The molecule has 3 rings (SSSR count). The first kappa shape index (κ1) is 20.9. The summed E-state index contributed by atoms with van der Waals surface area (Å²) in [6.07, 6.45) is 3.91. The van der Waals surface area contributed by atoms with Crippen molar-refractivity contribution < 1.29 is 27.9 Å². The number of hydrogen-bond donors (Lipinski definition) is 2. The Labute approximate surface area is 155 Å². The van der Waals surface area contributed by atoms with Gasteiger partial charge in [0.05, 0.1) is 18.1 Å². The fourth-order valence-electron chi connectivity index (χ4n) is 3.10. The van der Waals surface area contributed by atoms with Crippen molar-refractivity contribution in [2.75, 3.05) is 23.3 Å². The second-order valence-corrected chi connectivity index (χ2v) is 6.89. The molecule has 2 N–H and O–H groups in total. The van der Waals surface area contributed by atoms with Crippen molar-refractivity contribution in [1.82, 2.24) is 9.97 Å². The van der Waals surface area contributed by atoms with Crippen molar-refractivity contribution in [3.05, 3.63) is 12.4 Å². The topological polar surface area (TPSA) is 95.4 Å². The molecule has 1 saturated carbocycles. The molecule has 1 aliphatic carbocycles. The Hall–Kier alpha value is -2.39. The van der Waals surface area contributed by atoms with E-state index in [0.29, 0.717) is 11.6 Å². The SMILES string of the molecule is CC1CCN(c2ncc(NC(=O)C3CCCC3)cn2)C1.O=C(O)C(F)(F)F. The lowest BCUT2D eigenvalue weighted by Crippen LogP contribution is -2.23. The van der Waals surface area contributed by atoms with E-state index in [1.165, 1.54) is 19.3 Å². The first-order chi connectivity index (χ1) is 12.7. The highest BCUT2D eigenvalue weighted by Crippen LogP contribution is 2.26. The molecule has 0 spiro atoms. The van der Waals surface area contributed by atoms with Crippen LogP contribution >= 0.6 is 0 Å². The van der Waals surface area contributed by atoms with Crippen molar-refractivity contribution in [2.45, 2.75) is 45.2 Å². The van der Waals surface area contributed by atoms with E-state index in [-0.39, 0.29) is 11.8 Å². The van der Waals surface area contributed by atoms with E-state index in [0.717, 1.165) is 31.9 Å². The van der Waals surface area contributed by atoms with Crippen LogP contribution in [0.5, 0.6) is 0 Å². The fraction of sp³-hybridized carbons (Fsp3) is 0.647. The van der Waals surface area contributed by atoms with E-state index < -0.39 is 12.1 Å². The fourth-order valence-corrected chi connectivity index (χ4v) is 3.10. The van der Waals surface area contributed by atoms with Gasteiger partial charge in [-0.25, -0.2) is 14.8 Å². The van der Waals surface area contributed by atoms with Crippen LogP contribution in [-0.4, -0.2) is 46.2 Å². The molecule has 7 nitrogen and oxygen atoms in total. The van der Waals surface area contributed by atoms with Crippen LogP contribution < -0.4 is 10.2 Å². The number of nitrogens with one attached hydrogen (secondary N) is 1. The molecule has 0 radical (unpaired) electrons. The van der Waals surface area contributed by atoms with Crippen LogP contribution in [0, 0.1) is 11.8 Å². The first-order valence-electron chi connectivity index (χ1n) is 8.84. The van der Waals surface area contributed by atoms with Gasteiger partial charge in [0.15, 0.2) is 0 Å². The Bertz CT molecular complexity index is 646. The minimum absolute atomic E-state index is 0.119. The number of halogens is 3. The van der Waals surface area contributed by atoms with Crippen LogP contribution in [-0.2, 0) is 9.59 Å². The number of carbonyl (C=O) groups excluding carboxylic acids is 1. The molecule has 27 heavy (non-hydrogen) atoms. The molecule has 2 aliphatic rings. The number of aromatic nitrogens is 2. The summed E-state index contributed by atoms with van der Waals surface area (Å²) in [5, 5.41) is 10.1. The monoisotopic (exact) mass is 388 g/mol. The molecule has 150 valence electrons. The summed E-state index contributed by atoms with van der Waals surface area (Å²) in [4.78, 5) is 31.9. The number of rotatable bonds is 3. The minimum atomic E-state index is -5.08. The summed E-state index contributed by atoms with van der Waals surface area (Å²) in [6.45, 7) is 4.29. The number of hydrogen-bond acceptors (Lipinski definition) is 5. The molecule has 2 heterocycles. The molecule has 1 unspecified atom stereocenters. The van der Waals surface area contributed by atoms with Gasteiger partial charge in [-0.2, -0.15) is 13.2 Å². The Kier molecular flexibility index (Phi) is 6.98. The van der Waals surface area contributed by atoms with Crippen LogP contribution in [0.25, 0.3) is 0 Å². The maximum Gasteiger partial charge on any atom is 0.490 e. The molecule has 1 amide bonds. The van der Waals surface area contributed by atoms with E-state index in [9.17, 15) is 18.0 Å². The number of alkyl halides is 3. The summed E-state index contributed by atoms with van der Waals surface area (Å²) < 4.78 is 31.7. The van der Waals surface area contributed by atoms with E-state index >= 15 is 0 Å². The third kappa shape index (κ3) is 6.37. The molecule has 0 aromatic carbocycles. The number of carboxylic acids is 1. The minimum Gasteiger partial charge on any atom is -0.475 e. The quantitative estimate of drug-likeness (QED) is 0.826. The second-order valence-electron chi connectivity index (χ2n) is 6.89. The van der Waals surface area contributed by atoms with E-state index in [2.05, 4.69) is 27.1 Å². The van der Waals surface area contributed by atoms with Crippen molar-refractivity contribution in [2.24, 2.45) is 11.8 Å². The van der Waals surface area contributed by atoms with Gasteiger partial charge < -0.3 is 15.3 Å². The summed E-state index contributed by atoms with van der Waals surface area (Å²) >= 11 is 0. The van der Waals surface area contributed by atoms with Gasteiger partial charge in [0.1, 0.15) is 0 Å². The lowest BCUT2D eigenvalue weighted by molar-refractivity contribution is -0.192. The number of anilines is 2. The number of carbonyl (C=O) groups is 2. The highest BCUT2D eigenvalue weighted by molar-refractivity contribution is 5.92. The Morgan fingerprint density at radius 3 is 2.19 bits per heavy atom. The maximum absolute atomic E-state index is 12.0.